The van der Waals surface area contributed by atoms with Gasteiger partial charge >= 0.3 is 0 Å². The van der Waals surface area contributed by atoms with Crippen LogP contribution in [0.4, 0.5) is 0 Å². The number of hydrogen-bond donors (Lipinski definition) is 0. The molecule has 4 nitrogen and oxygen atoms in total. The zero-order valence-electron chi connectivity index (χ0n) is 17.0. The number of thioether (sulfide) groups is 1. The number of nitrogens with zero attached hydrogens (tertiary/aromatic N) is 2. The van der Waals surface area contributed by atoms with E-state index in [-0.39, 0.29) is 5.41 Å². The molecule has 0 saturated carbocycles. The lowest BCUT2D eigenvalue weighted by molar-refractivity contribution is 0.406. The third kappa shape index (κ3) is 5.49. The summed E-state index contributed by atoms with van der Waals surface area (Å²) >= 11 is 1.61. The van der Waals surface area contributed by atoms with Gasteiger partial charge in [0.15, 0.2) is 5.16 Å². The average Bonchev–Trinajstić information content (AvgIpc) is 2.66. The van der Waals surface area contributed by atoms with Gasteiger partial charge in [-0.15, -0.1) is 0 Å². The van der Waals surface area contributed by atoms with Gasteiger partial charge in [-0.05, 0) is 35.6 Å². The first-order valence-corrected chi connectivity index (χ1v) is 10.2. The molecule has 0 aliphatic heterocycles. The van der Waals surface area contributed by atoms with Crippen LogP contribution in [0, 0.1) is 6.92 Å². The molecule has 0 aliphatic rings. The third-order valence-corrected chi connectivity index (χ3v) is 5.18. The molecule has 0 saturated heterocycles. The SMILES string of the molecule is COc1cccc(Oc2cc(C)nc(SCc3ccc(C(C)(C)C)cc3)n2)c1. The summed E-state index contributed by atoms with van der Waals surface area (Å²) in [5, 5.41) is 0.706. The minimum absolute atomic E-state index is 0.164. The van der Waals surface area contributed by atoms with Gasteiger partial charge in [0.05, 0.1) is 7.11 Å². The van der Waals surface area contributed by atoms with Crippen molar-refractivity contribution in [2.45, 2.75) is 44.0 Å². The minimum Gasteiger partial charge on any atom is -0.497 e. The molecule has 0 radical (unpaired) electrons. The molecule has 0 aliphatic carbocycles. The molecule has 0 spiro atoms. The van der Waals surface area contributed by atoms with Crippen molar-refractivity contribution in [1.82, 2.24) is 9.97 Å². The van der Waals surface area contributed by atoms with Gasteiger partial charge in [0.25, 0.3) is 0 Å². The number of methoxy groups -OCH3 is 1. The first kappa shape index (κ1) is 20.2. The van der Waals surface area contributed by atoms with Crippen LogP contribution in [0.15, 0.2) is 59.8 Å². The summed E-state index contributed by atoms with van der Waals surface area (Å²) < 4.78 is 11.1. The average molecular weight is 395 g/mol. The summed E-state index contributed by atoms with van der Waals surface area (Å²) in [7, 11) is 1.64. The Hall–Kier alpha value is -2.53. The highest BCUT2D eigenvalue weighted by Crippen LogP contribution is 2.28. The summed E-state index contributed by atoms with van der Waals surface area (Å²) in [5.41, 5.74) is 3.62. The van der Waals surface area contributed by atoms with Gasteiger partial charge in [0, 0.05) is 23.6 Å². The molecule has 5 heteroatoms. The Morgan fingerprint density at radius 3 is 2.32 bits per heavy atom. The van der Waals surface area contributed by atoms with Crippen LogP contribution in [0.2, 0.25) is 0 Å². The number of benzene rings is 2. The number of aryl methyl sites for hydroxylation is 1. The maximum atomic E-state index is 5.90. The molecule has 3 aromatic rings. The van der Waals surface area contributed by atoms with E-state index < -0.39 is 0 Å². The molecule has 0 amide bonds. The summed E-state index contributed by atoms with van der Waals surface area (Å²) in [4.78, 5) is 9.07. The van der Waals surface area contributed by atoms with Crippen LogP contribution < -0.4 is 9.47 Å². The standard InChI is InChI=1S/C23H26N2O2S/c1-16-13-21(27-20-8-6-7-19(14-20)26-5)25-22(24-16)28-15-17-9-11-18(12-10-17)23(2,3)4/h6-14H,15H2,1-5H3. The monoisotopic (exact) mass is 394 g/mol. The van der Waals surface area contributed by atoms with Gasteiger partial charge in [-0.2, -0.15) is 4.98 Å². The third-order valence-electron chi connectivity index (χ3n) is 4.26. The van der Waals surface area contributed by atoms with Crippen LogP contribution in [0.1, 0.15) is 37.6 Å². The molecule has 0 fully saturated rings. The molecular weight excluding hydrogens is 368 g/mol. The van der Waals surface area contributed by atoms with Crippen LogP contribution in [-0.4, -0.2) is 17.1 Å². The molecule has 1 heterocycles. The number of hydrogen-bond acceptors (Lipinski definition) is 5. The van der Waals surface area contributed by atoms with E-state index in [9.17, 15) is 0 Å². The van der Waals surface area contributed by atoms with Gasteiger partial charge in [0.1, 0.15) is 11.5 Å². The number of rotatable bonds is 6. The number of aromatic nitrogens is 2. The maximum absolute atomic E-state index is 5.90. The predicted octanol–water partition coefficient (Wildman–Crippen LogP) is 6.18. The summed E-state index contributed by atoms with van der Waals surface area (Å²) in [6.45, 7) is 8.62. The quantitative estimate of drug-likeness (QED) is 0.369. The highest BCUT2D eigenvalue weighted by molar-refractivity contribution is 7.98. The lowest BCUT2D eigenvalue weighted by Crippen LogP contribution is -2.10. The van der Waals surface area contributed by atoms with E-state index in [4.69, 9.17) is 9.47 Å². The summed E-state index contributed by atoms with van der Waals surface area (Å²) in [5.74, 6) is 2.78. The van der Waals surface area contributed by atoms with Crippen molar-refractivity contribution < 1.29 is 9.47 Å². The van der Waals surface area contributed by atoms with Crippen molar-refractivity contribution in [1.29, 1.82) is 0 Å². The molecule has 0 bridgehead atoms. The largest absolute Gasteiger partial charge is 0.497 e. The van der Waals surface area contributed by atoms with E-state index in [2.05, 4.69) is 55.0 Å². The Bertz CT molecular complexity index is 934. The zero-order valence-corrected chi connectivity index (χ0v) is 17.8. The molecule has 2 aromatic carbocycles. The van der Waals surface area contributed by atoms with E-state index in [0.29, 0.717) is 16.8 Å². The van der Waals surface area contributed by atoms with E-state index in [1.807, 2.05) is 37.3 Å². The van der Waals surface area contributed by atoms with E-state index in [1.165, 1.54) is 11.1 Å². The minimum atomic E-state index is 0.164. The van der Waals surface area contributed by atoms with Crippen molar-refractivity contribution in [2.75, 3.05) is 7.11 Å². The first-order chi connectivity index (χ1) is 13.3. The zero-order chi connectivity index (χ0) is 20.1. The molecule has 28 heavy (non-hydrogen) atoms. The van der Waals surface area contributed by atoms with Crippen molar-refractivity contribution >= 4 is 11.8 Å². The topological polar surface area (TPSA) is 44.2 Å². The Kier molecular flexibility index (Phi) is 6.25. The summed E-state index contributed by atoms with van der Waals surface area (Å²) in [6, 6.07) is 18.1. The molecule has 3 rings (SSSR count). The Morgan fingerprint density at radius 2 is 1.64 bits per heavy atom. The Labute approximate surface area is 171 Å². The van der Waals surface area contributed by atoms with Gasteiger partial charge in [-0.3, -0.25) is 0 Å². The van der Waals surface area contributed by atoms with Gasteiger partial charge in [-0.25, -0.2) is 4.98 Å². The Morgan fingerprint density at radius 1 is 0.929 bits per heavy atom. The van der Waals surface area contributed by atoms with Crippen molar-refractivity contribution in [3.05, 3.63) is 71.4 Å². The maximum Gasteiger partial charge on any atom is 0.223 e. The van der Waals surface area contributed by atoms with E-state index in [1.54, 1.807) is 18.9 Å². The van der Waals surface area contributed by atoms with E-state index in [0.717, 1.165) is 17.2 Å². The predicted molar refractivity (Wildman–Crippen MR) is 115 cm³/mol. The van der Waals surface area contributed by atoms with Crippen LogP contribution in [0.25, 0.3) is 0 Å². The molecular formula is C23H26N2O2S. The molecule has 146 valence electrons. The van der Waals surface area contributed by atoms with Crippen LogP contribution in [0.5, 0.6) is 17.4 Å². The summed E-state index contributed by atoms with van der Waals surface area (Å²) in [6.07, 6.45) is 0. The van der Waals surface area contributed by atoms with Crippen LogP contribution >= 0.6 is 11.8 Å². The van der Waals surface area contributed by atoms with Crippen molar-refractivity contribution in [3.63, 3.8) is 0 Å². The fraction of sp³-hybridized carbons (Fsp3) is 0.304. The molecule has 0 atom stereocenters. The van der Waals surface area contributed by atoms with Crippen LogP contribution in [-0.2, 0) is 11.2 Å². The molecule has 0 unspecified atom stereocenters. The Balaban J connectivity index is 1.69. The molecule has 0 N–H and O–H groups in total. The highest BCUT2D eigenvalue weighted by atomic mass is 32.2. The first-order valence-electron chi connectivity index (χ1n) is 9.23. The second-order valence-electron chi connectivity index (χ2n) is 7.65. The van der Waals surface area contributed by atoms with Gasteiger partial charge in [0.2, 0.25) is 5.88 Å². The fourth-order valence-electron chi connectivity index (χ4n) is 2.66. The normalized spacial score (nSPS) is 11.3. The second kappa shape index (κ2) is 8.65. The number of ether oxygens (including phenoxy) is 2. The van der Waals surface area contributed by atoms with Crippen LogP contribution in [0.3, 0.4) is 0 Å². The highest BCUT2D eigenvalue weighted by Gasteiger charge is 2.13. The smallest absolute Gasteiger partial charge is 0.223 e. The fourth-order valence-corrected chi connectivity index (χ4v) is 3.52. The second-order valence-corrected chi connectivity index (χ2v) is 8.59. The van der Waals surface area contributed by atoms with Gasteiger partial charge < -0.3 is 9.47 Å². The van der Waals surface area contributed by atoms with Crippen molar-refractivity contribution in [2.24, 2.45) is 0 Å². The van der Waals surface area contributed by atoms with Gasteiger partial charge in [-0.1, -0.05) is 62.9 Å². The van der Waals surface area contributed by atoms with Crippen molar-refractivity contribution in [3.8, 4) is 17.4 Å². The lowest BCUT2D eigenvalue weighted by Gasteiger charge is -2.19. The molecule has 1 aromatic heterocycles. The van der Waals surface area contributed by atoms with E-state index >= 15 is 0 Å². The lowest BCUT2D eigenvalue weighted by atomic mass is 9.87.